The number of anilines is 1. The molecule has 0 unspecified atom stereocenters. The van der Waals surface area contributed by atoms with Gasteiger partial charge in [0.1, 0.15) is 5.82 Å². The van der Waals surface area contributed by atoms with Crippen molar-refractivity contribution in [3.05, 3.63) is 64.4 Å². The summed E-state index contributed by atoms with van der Waals surface area (Å²) in [4.78, 5) is 12.3. The molecule has 3 rings (SSSR count). The van der Waals surface area contributed by atoms with Crippen LogP contribution in [0.25, 0.3) is 0 Å². The molecule has 0 heterocycles. The number of aryl methyl sites for hydroxylation is 1. The topological polar surface area (TPSA) is 41.1 Å². The van der Waals surface area contributed by atoms with E-state index in [2.05, 4.69) is 22.8 Å². The number of fused-ring (bicyclic) bond motifs is 1. The first kappa shape index (κ1) is 16.0. The fourth-order valence-electron chi connectivity index (χ4n) is 2.94. The summed E-state index contributed by atoms with van der Waals surface area (Å²) in [5.41, 5.74) is 3.00. The van der Waals surface area contributed by atoms with E-state index in [0.717, 1.165) is 12.8 Å². The van der Waals surface area contributed by atoms with Crippen molar-refractivity contribution in [2.75, 3.05) is 5.32 Å². The molecule has 0 aromatic heterocycles. The second-order valence-corrected chi connectivity index (χ2v) is 6.20. The van der Waals surface area contributed by atoms with E-state index in [0.29, 0.717) is 5.69 Å². The summed E-state index contributed by atoms with van der Waals surface area (Å²) in [6, 6.07) is 12.0. The predicted octanol–water partition coefficient (Wildman–Crippen LogP) is 4.08. The van der Waals surface area contributed by atoms with Crippen molar-refractivity contribution < 1.29 is 9.18 Å². The number of hydrogen-bond acceptors (Lipinski definition) is 2. The summed E-state index contributed by atoms with van der Waals surface area (Å²) in [6.07, 6.45) is 2.00. The van der Waals surface area contributed by atoms with Crippen LogP contribution in [-0.2, 0) is 11.2 Å². The number of carbonyl (C=O) groups excluding carboxylic acids is 1. The number of rotatable bonds is 4. The van der Waals surface area contributed by atoms with Crippen molar-refractivity contribution >= 4 is 23.2 Å². The molecule has 2 aromatic carbocycles. The summed E-state index contributed by atoms with van der Waals surface area (Å²) < 4.78 is 13.0. The van der Waals surface area contributed by atoms with Crippen molar-refractivity contribution in [2.24, 2.45) is 0 Å². The van der Waals surface area contributed by atoms with Gasteiger partial charge in [-0.25, -0.2) is 4.39 Å². The average molecular weight is 333 g/mol. The lowest BCUT2D eigenvalue weighted by Crippen LogP contribution is -2.39. The number of carbonyl (C=O) groups is 1. The van der Waals surface area contributed by atoms with Crippen LogP contribution in [0.1, 0.15) is 30.5 Å². The molecular weight excluding hydrogens is 315 g/mol. The highest BCUT2D eigenvalue weighted by molar-refractivity contribution is 6.33. The lowest BCUT2D eigenvalue weighted by Gasteiger charge is -2.20. The molecule has 0 fully saturated rings. The minimum absolute atomic E-state index is 0.177. The third-order valence-electron chi connectivity index (χ3n) is 4.17. The van der Waals surface area contributed by atoms with Crippen molar-refractivity contribution in [1.82, 2.24) is 5.32 Å². The van der Waals surface area contributed by atoms with Crippen LogP contribution in [0.2, 0.25) is 5.02 Å². The molecule has 3 nitrogen and oxygen atoms in total. The number of amides is 1. The standard InChI is InChI=1S/C18H18ClFN2O/c1-11(18(23)22-17-9-7-13(20)10-15(17)19)21-16-8-6-12-4-2-3-5-14(12)16/h2-5,7,9-11,16,21H,6,8H2,1H3,(H,22,23)/t11-,16+/m0/s1. The maximum atomic E-state index is 13.0. The van der Waals surface area contributed by atoms with E-state index >= 15 is 0 Å². The van der Waals surface area contributed by atoms with Gasteiger partial charge >= 0.3 is 0 Å². The Labute approximate surface area is 139 Å². The minimum atomic E-state index is -0.429. The molecule has 1 aliphatic rings. The molecule has 2 atom stereocenters. The molecule has 0 spiro atoms. The van der Waals surface area contributed by atoms with Crippen LogP contribution >= 0.6 is 11.6 Å². The average Bonchev–Trinajstić information content (AvgIpc) is 2.93. The van der Waals surface area contributed by atoms with Gasteiger partial charge in [-0.2, -0.15) is 0 Å². The Balaban J connectivity index is 1.64. The van der Waals surface area contributed by atoms with Crippen LogP contribution < -0.4 is 10.6 Å². The van der Waals surface area contributed by atoms with Crippen LogP contribution in [-0.4, -0.2) is 11.9 Å². The first-order valence-electron chi connectivity index (χ1n) is 7.64. The third kappa shape index (κ3) is 3.54. The van der Waals surface area contributed by atoms with E-state index in [1.54, 1.807) is 0 Å². The van der Waals surface area contributed by atoms with Crippen molar-refractivity contribution in [2.45, 2.75) is 31.8 Å². The van der Waals surface area contributed by atoms with E-state index in [1.165, 1.54) is 29.3 Å². The minimum Gasteiger partial charge on any atom is -0.323 e. The second-order valence-electron chi connectivity index (χ2n) is 5.79. The van der Waals surface area contributed by atoms with Crippen LogP contribution in [0.3, 0.4) is 0 Å². The SMILES string of the molecule is C[C@H](N[C@@H]1CCc2ccccc21)C(=O)Nc1ccc(F)cc1Cl. The molecule has 5 heteroatoms. The molecule has 1 aliphatic carbocycles. The molecule has 0 aliphatic heterocycles. The lowest BCUT2D eigenvalue weighted by molar-refractivity contribution is -0.118. The van der Waals surface area contributed by atoms with Crippen molar-refractivity contribution in [3.63, 3.8) is 0 Å². The van der Waals surface area contributed by atoms with Crippen molar-refractivity contribution in [1.29, 1.82) is 0 Å². The highest BCUT2D eigenvalue weighted by Crippen LogP contribution is 2.31. The predicted molar refractivity (Wildman–Crippen MR) is 90.1 cm³/mol. The number of benzene rings is 2. The Bertz CT molecular complexity index is 735. The molecule has 0 radical (unpaired) electrons. The summed E-state index contributed by atoms with van der Waals surface area (Å²) in [7, 11) is 0. The fourth-order valence-corrected chi connectivity index (χ4v) is 3.15. The molecule has 23 heavy (non-hydrogen) atoms. The normalized spacial score (nSPS) is 17.6. The zero-order valence-electron chi connectivity index (χ0n) is 12.8. The van der Waals surface area contributed by atoms with Crippen LogP contribution in [0.4, 0.5) is 10.1 Å². The quantitative estimate of drug-likeness (QED) is 0.885. The Morgan fingerprint density at radius 3 is 2.87 bits per heavy atom. The summed E-state index contributed by atoms with van der Waals surface area (Å²) in [6.45, 7) is 1.81. The third-order valence-corrected chi connectivity index (χ3v) is 4.48. The molecule has 2 aromatic rings. The zero-order valence-corrected chi connectivity index (χ0v) is 13.5. The smallest absolute Gasteiger partial charge is 0.241 e. The van der Waals surface area contributed by atoms with Gasteiger partial charge in [0.2, 0.25) is 5.91 Å². The first-order valence-corrected chi connectivity index (χ1v) is 8.02. The first-order chi connectivity index (χ1) is 11.0. The Morgan fingerprint density at radius 2 is 2.09 bits per heavy atom. The van der Waals surface area contributed by atoms with Gasteiger partial charge in [0.05, 0.1) is 16.8 Å². The van der Waals surface area contributed by atoms with E-state index < -0.39 is 5.82 Å². The molecule has 0 saturated carbocycles. The van der Waals surface area contributed by atoms with Crippen molar-refractivity contribution in [3.8, 4) is 0 Å². The van der Waals surface area contributed by atoms with Crippen LogP contribution in [0, 0.1) is 5.82 Å². The largest absolute Gasteiger partial charge is 0.323 e. The maximum absolute atomic E-state index is 13.0. The number of nitrogens with one attached hydrogen (secondary N) is 2. The molecule has 0 bridgehead atoms. The van der Waals surface area contributed by atoms with Crippen LogP contribution in [0.5, 0.6) is 0 Å². The van der Waals surface area contributed by atoms with Gasteiger partial charge < -0.3 is 5.32 Å². The number of hydrogen-bond donors (Lipinski definition) is 2. The molecule has 2 N–H and O–H groups in total. The van der Waals surface area contributed by atoms with Gasteiger partial charge in [-0.1, -0.05) is 35.9 Å². The van der Waals surface area contributed by atoms with E-state index in [9.17, 15) is 9.18 Å². The molecule has 0 saturated heterocycles. The summed E-state index contributed by atoms with van der Waals surface area (Å²) in [5, 5.41) is 6.28. The highest BCUT2D eigenvalue weighted by atomic mass is 35.5. The Hall–Kier alpha value is -1.91. The lowest BCUT2D eigenvalue weighted by atomic mass is 10.1. The number of halogens is 2. The second kappa shape index (κ2) is 6.69. The molecule has 1 amide bonds. The van der Waals surface area contributed by atoms with Crippen LogP contribution in [0.15, 0.2) is 42.5 Å². The van der Waals surface area contributed by atoms with Gasteiger partial charge in [-0.05, 0) is 49.1 Å². The summed E-state index contributed by atoms with van der Waals surface area (Å²) >= 11 is 5.94. The zero-order chi connectivity index (χ0) is 16.4. The van der Waals surface area contributed by atoms with Gasteiger partial charge in [0.25, 0.3) is 0 Å². The monoisotopic (exact) mass is 332 g/mol. The van der Waals surface area contributed by atoms with Gasteiger partial charge in [-0.15, -0.1) is 0 Å². The van der Waals surface area contributed by atoms with E-state index in [4.69, 9.17) is 11.6 Å². The molecule has 120 valence electrons. The van der Waals surface area contributed by atoms with E-state index in [1.807, 2.05) is 19.1 Å². The fraction of sp³-hybridized carbons (Fsp3) is 0.278. The Kier molecular flexibility index (Phi) is 4.64. The van der Waals surface area contributed by atoms with Gasteiger partial charge in [0.15, 0.2) is 0 Å². The maximum Gasteiger partial charge on any atom is 0.241 e. The van der Waals surface area contributed by atoms with Gasteiger partial charge in [0, 0.05) is 6.04 Å². The Morgan fingerprint density at radius 1 is 1.30 bits per heavy atom. The van der Waals surface area contributed by atoms with Gasteiger partial charge in [-0.3, -0.25) is 10.1 Å². The summed E-state index contributed by atoms with van der Waals surface area (Å²) in [5.74, 6) is -0.621. The van der Waals surface area contributed by atoms with E-state index in [-0.39, 0.29) is 23.0 Å². The molecular formula is C18H18ClFN2O. The highest BCUT2D eigenvalue weighted by Gasteiger charge is 2.25.